The van der Waals surface area contributed by atoms with Crippen molar-refractivity contribution in [1.29, 1.82) is 0 Å². The lowest BCUT2D eigenvalue weighted by molar-refractivity contribution is -0.137. The standard InChI is InChI=1S/C18H27NO7S/c1-3-26-18(20)9-6-16-4-7-17(8-5-16)19-27(21,22)15-14-25-13-12-24-11-10-23-2/h4-9,19H,3,10-15H2,1-2H3. The van der Waals surface area contributed by atoms with E-state index in [1.54, 1.807) is 44.4 Å². The first-order chi connectivity index (χ1) is 13.0. The van der Waals surface area contributed by atoms with Crippen LogP contribution in [0.2, 0.25) is 0 Å². The van der Waals surface area contributed by atoms with Crippen LogP contribution in [0.25, 0.3) is 6.08 Å². The number of carbonyl (C=O) groups is 1. The van der Waals surface area contributed by atoms with Gasteiger partial charge in [-0.1, -0.05) is 12.1 Å². The molecule has 9 heteroatoms. The zero-order valence-corrected chi connectivity index (χ0v) is 16.5. The van der Waals surface area contributed by atoms with Gasteiger partial charge in [-0.2, -0.15) is 0 Å². The summed E-state index contributed by atoms with van der Waals surface area (Å²) >= 11 is 0. The van der Waals surface area contributed by atoms with Crippen molar-refractivity contribution < 1.29 is 32.2 Å². The molecule has 0 bridgehead atoms. The molecule has 1 aromatic rings. The van der Waals surface area contributed by atoms with Crippen molar-refractivity contribution in [2.45, 2.75) is 6.92 Å². The van der Waals surface area contributed by atoms with Crippen molar-refractivity contribution in [3.8, 4) is 0 Å². The number of hydrogen-bond donors (Lipinski definition) is 1. The predicted octanol–water partition coefficient (Wildman–Crippen LogP) is 1.68. The Labute approximate surface area is 160 Å². The molecule has 8 nitrogen and oxygen atoms in total. The van der Waals surface area contributed by atoms with E-state index in [2.05, 4.69) is 4.72 Å². The molecule has 0 radical (unpaired) electrons. The molecule has 0 amide bonds. The largest absolute Gasteiger partial charge is 0.463 e. The number of anilines is 1. The third-order valence-corrected chi connectivity index (χ3v) is 4.43. The minimum atomic E-state index is -3.51. The summed E-state index contributed by atoms with van der Waals surface area (Å²) in [6.07, 6.45) is 2.91. The molecule has 0 fully saturated rings. The maximum atomic E-state index is 12.0. The highest BCUT2D eigenvalue weighted by molar-refractivity contribution is 7.92. The Morgan fingerprint density at radius 3 is 2.30 bits per heavy atom. The van der Waals surface area contributed by atoms with Gasteiger partial charge in [0, 0.05) is 18.9 Å². The first-order valence-corrected chi connectivity index (χ1v) is 10.2. The van der Waals surface area contributed by atoms with Gasteiger partial charge in [0.05, 0.1) is 45.4 Å². The lowest BCUT2D eigenvalue weighted by atomic mass is 10.2. The Kier molecular flexibility index (Phi) is 11.3. The summed E-state index contributed by atoms with van der Waals surface area (Å²) in [4.78, 5) is 11.3. The zero-order chi connectivity index (χ0) is 20.0. The van der Waals surface area contributed by atoms with Gasteiger partial charge in [-0.25, -0.2) is 13.2 Å². The number of nitrogens with one attached hydrogen (secondary N) is 1. The van der Waals surface area contributed by atoms with Gasteiger partial charge in [-0.15, -0.1) is 0 Å². The second kappa shape index (κ2) is 13.3. The van der Waals surface area contributed by atoms with Crippen LogP contribution in [0, 0.1) is 0 Å². The van der Waals surface area contributed by atoms with Gasteiger partial charge in [-0.05, 0) is 30.7 Å². The van der Waals surface area contributed by atoms with Crippen molar-refractivity contribution >= 4 is 27.8 Å². The van der Waals surface area contributed by atoms with Gasteiger partial charge >= 0.3 is 5.97 Å². The summed E-state index contributed by atoms with van der Waals surface area (Å²) < 4.78 is 46.6. The number of sulfonamides is 1. The minimum Gasteiger partial charge on any atom is -0.463 e. The van der Waals surface area contributed by atoms with Gasteiger partial charge in [0.15, 0.2) is 0 Å². The van der Waals surface area contributed by atoms with Gasteiger partial charge in [0.1, 0.15) is 0 Å². The molecule has 0 spiro atoms. The third-order valence-electron chi connectivity index (χ3n) is 3.18. The Balaban J connectivity index is 2.33. The Hall–Kier alpha value is -1.94. The number of benzene rings is 1. The fourth-order valence-electron chi connectivity index (χ4n) is 1.88. The van der Waals surface area contributed by atoms with E-state index in [4.69, 9.17) is 18.9 Å². The fourth-order valence-corrected chi connectivity index (χ4v) is 2.81. The number of hydrogen-bond acceptors (Lipinski definition) is 7. The average Bonchev–Trinajstić information content (AvgIpc) is 2.63. The second-order valence-corrected chi connectivity index (χ2v) is 7.19. The summed E-state index contributed by atoms with van der Waals surface area (Å²) in [6.45, 7) is 3.81. The van der Waals surface area contributed by atoms with E-state index < -0.39 is 16.0 Å². The zero-order valence-electron chi connectivity index (χ0n) is 15.7. The normalized spacial score (nSPS) is 11.6. The molecule has 1 N–H and O–H groups in total. The lowest BCUT2D eigenvalue weighted by Crippen LogP contribution is -2.21. The molecule has 1 rings (SSSR count). The van der Waals surface area contributed by atoms with Crippen molar-refractivity contribution in [3.05, 3.63) is 35.9 Å². The van der Waals surface area contributed by atoms with Crippen molar-refractivity contribution in [1.82, 2.24) is 0 Å². The molecule has 0 heterocycles. The quantitative estimate of drug-likeness (QED) is 0.288. The SMILES string of the molecule is CCOC(=O)C=Cc1ccc(NS(=O)(=O)CCOCCOCCOC)cc1. The molecular formula is C18H27NO7S. The third kappa shape index (κ3) is 11.4. The molecule has 152 valence electrons. The second-order valence-electron chi connectivity index (χ2n) is 5.35. The molecule has 0 aliphatic rings. The van der Waals surface area contributed by atoms with Crippen molar-refractivity contribution in [2.75, 3.05) is 57.2 Å². The molecule has 27 heavy (non-hydrogen) atoms. The van der Waals surface area contributed by atoms with E-state index >= 15 is 0 Å². The number of methoxy groups -OCH3 is 1. The predicted molar refractivity (Wildman–Crippen MR) is 103 cm³/mol. The van der Waals surface area contributed by atoms with E-state index in [-0.39, 0.29) is 12.4 Å². The fraction of sp³-hybridized carbons (Fsp3) is 0.500. The van der Waals surface area contributed by atoms with Crippen LogP contribution in [0.4, 0.5) is 5.69 Å². The van der Waals surface area contributed by atoms with Crippen molar-refractivity contribution in [2.24, 2.45) is 0 Å². The van der Waals surface area contributed by atoms with Gasteiger partial charge in [-0.3, -0.25) is 4.72 Å². The molecule has 0 atom stereocenters. The molecule has 0 saturated heterocycles. The first-order valence-electron chi connectivity index (χ1n) is 8.56. The Bertz CT molecular complexity index is 671. The van der Waals surface area contributed by atoms with E-state index in [1.807, 2.05) is 0 Å². The van der Waals surface area contributed by atoms with E-state index in [0.29, 0.717) is 38.7 Å². The van der Waals surface area contributed by atoms with Crippen LogP contribution >= 0.6 is 0 Å². The maximum Gasteiger partial charge on any atom is 0.330 e. The number of esters is 1. The number of rotatable bonds is 14. The van der Waals surface area contributed by atoms with Crippen molar-refractivity contribution in [3.63, 3.8) is 0 Å². The van der Waals surface area contributed by atoms with E-state index in [9.17, 15) is 13.2 Å². The first kappa shape index (κ1) is 23.1. The van der Waals surface area contributed by atoms with Crippen LogP contribution in [-0.4, -0.2) is 66.9 Å². The van der Waals surface area contributed by atoms with Crippen LogP contribution in [0.15, 0.2) is 30.3 Å². The highest BCUT2D eigenvalue weighted by Crippen LogP contribution is 2.12. The molecule has 0 unspecified atom stereocenters. The summed E-state index contributed by atoms with van der Waals surface area (Å²) in [6, 6.07) is 6.63. The summed E-state index contributed by atoms with van der Waals surface area (Å²) in [5.41, 5.74) is 1.19. The Morgan fingerprint density at radius 2 is 1.67 bits per heavy atom. The molecule has 0 aliphatic carbocycles. The number of ether oxygens (including phenoxy) is 4. The summed E-state index contributed by atoms with van der Waals surface area (Å²) in [5.74, 6) is -0.582. The van der Waals surface area contributed by atoms with Crippen LogP contribution in [0.5, 0.6) is 0 Å². The average molecular weight is 401 g/mol. The van der Waals surface area contributed by atoms with Gasteiger partial charge in [0.25, 0.3) is 0 Å². The highest BCUT2D eigenvalue weighted by atomic mass is 32.2. The monoisotopic (exact) mass is 401 g/mol. The van der Waals surface area contributed by atoms with Crippen LogP contribution in [0.3, 0.4) is 0 Å². The van der Waals surface area contributed by atoms with Gasteiger partial charge in [0.2, 0.25) is 10.0 Å². The summed E-state index contributed by atoms with van der Waals surface area (Å²) in [7, 11) is -1.92. The van der Waals surface area contributed by atoms with E-state index in [0.717, 1.165) is 5.56 Å². The Morgan fingerprint density at radius 1 is 1.04 bits per heavy atom. The van der Waals surface area contributed by atoms with Crippen LogP contribution in [-0.2, 0) is 33.8 Å². The molecule has 0 saturated carbocycles. The topological polar surface area (TPSA) is 100 Å². The molecular weight excluding hydrogens is 374 g/mol. The van der Waals surface area contributed by atoms with Crippen LogP contribution < -0.4 is 4.72 Å². The smallest absolute Gasteiger partial charge is 0.330 e. The highest BCUT2D eigenvalue weighted by Gasteiger charge is 2.10. The molecule has 1 aromatic carbocycles. The maximum absolute atomic E-state index is 12.0. The van der Waals surface area contributed by atoms with Gasteiger partial charge < -0.3 is 18.9 Å². The lowest BCUT2D eigenvalue weighted by Gasteiger charge is -2.09. The summed E-state index contributed by atoms with van der Waals surface area (Å²) in [5, 5.41) is 0. The molecule has 0 aliphatic heterocycles. The minimum absolute atomic E-state index is 0.0728. The number of carbonyl (C=O) groups excluding carboxylic acids is 1. The van der Waals surface area contributed by atoms with Crippen LogP contribution in [0.1, 0.15) is 12.5 Å². The molecule has 0 aromatic heterocycles. The van der Waals surface area contributed by atoms with E-state index in [1.165, 1.54) is 6.08 Å².